The summed E-state index contributed by atoms with van der Waals surface area (Å²) in [4.78, 5) is -0.00443. The van der Waals surface area contributed by atoms with E-state index in [2.05, 4.69) is 0 Å². The van der Waals surface area contributed by atoms with Crippen molar-refractivity contribution in [3.05, 3.63) is 54.1 Å². The predicted octanol–water partition coefficient (Wildman–Crippen LogP) is 2.35. The molecule has 0 radical (unpaired) electrons. The van der Waals surface area contributed by atoms with Gasteiger partial charge in [-0.25, -0.2) is 4.18 Å². The molecule has 5 nitrogen and oxygen atoms in total. The number of benzene rings is 1. The van der Waals surface area contributed by atoms with Crippen LogP contribution in [0.4, 0.5) is 0 Å². The van der Waals surface area contributed by atoms with Gasteiger partial charge in [-0.3, -0.25) is 0 Å². The van der Waals surface area contributed by atoms with Crippen LogP contribution >= 0.6 is 0 Å². The lowest BCUT2D eigenvalue weighted by atomic mass is 9.94. The summed E-state index contributed by atoms with van der Waals surface area (Å²) in [6.07, 6.45) is 5.15. The second-order valence-electron chi connectivity index (χ2n) is 4.64. The average molecular weight is 302 g/mol. The lowest BCUT2D eigenvalue weighted by Crippen LogP contribution is -2.30. The maximum Gasteiger partial charge on any atom is 0.298 e. The van der Waals surface area contributed by atoms with Gasteiger partial charge in [-0.1, -0.05) is 35.9 Å². The first-order chi connectivity index (χ1) is 9.94. The quantitative estimate of drug-likeness (QED) is 0.864. The number of rotatable bonds is 4. The molecule has 6 heteroatoms. The van der Waals surface area contributed by atoms with E-state index in [1.807, 2.05) is 13.0 Å². The van der Waals surface area contributed by atoms with Crippen molar-refractivity contribution in [3.63, 3.8) is 0 Å². The molecule has 0 saturated heterocycles. The molecule has 1 aliphatic carbocycles. The third kappa shape index (κ3) is 3.45. The molecule has 2 rings (SSSR count). The van der Waals surface area contributed by atoms with Gasteiger partial charge in [0, 0.05) is 5.71 Å². The van der Waals surface area contributed by atoms with Crippen LogP contribution in [0, 0.1) is 29.6 Å². The van der Waals surface area contributed by atoms with Gasteiger partial charge in [-0.2, -0.15) is 13.7 Å². The Labute approximate surface area is 123 Å². The predicted molar refractivity (Wildman–Crippen MR) is 78.3 cm³/mol. The fraction of sp³-hybridized carbons (Fsp3) is 0.200. The Morgan fingerprint density at radius 2 is 1.95 bits per heavy atom. The van der Waals surface area contributed by atoms with Crippen LogP contribution in [0.3, 0.4) is 0 Å². The van der Waals surface area contributed by atoms with Crippen LogP contribution in [0.15, 0.2) is 53.5 Å². The second kappa shape index (κ2) is 6.04. The van der Waals surface area contributed by atoms with Crippen LogP contribution in [0.1, 0.15) is 5.56 Å². The molecule has 0 spiro atoms. The van der Waals surface area contributed by atoms with Crippen LogP contribution in [0.25, 0.3) is 0 Å². The molecule has 0 aliphatic heterocycles. The molecule has 0 amide bonds. The lowest BCUT2D eigenvalue weighted by Gasteiger charge is -2.19. The van der Waals surface area contributed by atoms with E-state index >= 15 is 0 Å². The van der Waals surface area contributed by atoms with Crippen LogP contribution in [-0.2, 0) is 14.3 Å². The molecule has 1 N–H and O–H groups in total. The first-order valence-electron chi connectivity index (χ1n) is 6.27. The molecule has 21 heavy (non-hydrogen) atoms. The van der Waals surface area contributed by atoms with Gasteiger partial charge in [0.2, 0.25) is 0 Å². The van der Waals surface area contributed by atoms with Gasteiger partial charge in [0.05, 0.1) is 16.9 Å². The molecule has 0 bridgehead atoms. The van der Waals surface area contributed by atoms with E-state index in [9.17, 15) is 8.42 Å². The number of nitriles is 1. The number of hydrogen-bond donors (Lipinski definition) is 1. The monoisotopic (exact) mass is 302 g/mol. The smallest absolute Gasteiger partial charge is 0.298 e. The van der Waals surface area contributed by atoms with Crippen LogP contribution in [0.5, 0.6) is 0 Å². The molecule has 0 aromatic heterocycles. The molecular formula is C15H14N2O3S. The van der Waals surface area contributed by atoms with E-state index in [-0.39, 0.29) is 10.6 Å². The highest BCUT2D eigenvalue weighted by atomic mass is 32.2. The van der Waals surface area contributed by atoms with Crippen molar-refractivity contribution in [1.82, 2.24) is 0 Å². The Morgan fingerprint density at radius 3 is 2.52 bits per heavy atom. The number of hydrogen-bond acceptors (Lipinski definition) is 5. The van der Waals surface area contributed by atoms with E-state index in [1.165, 1.54) is 18.2 Å². The third-order valence-corrected chi connectivity index (χ3v) is 4.37. The Bertz CT molecular complexity index is 740. The Kier molecular flexibility index (Phi) is 4.36. The zero-order chi connectivity index (χ0) is 15.5. The summed E-state index contributed by atoms with van der Waals surface area (Å²) in [5.41, 5.74) is 1.07. The first kappa shape index (κ1) is 15.2. The Morgan fingerprint density at radius 1 is 1.29 bits per heavy atom. The summed E-state index contributed by atoms with van der Waals surface area (Å²) in [5.74, 6) is -0.694. The first-order valence-corrected chi connectivity index (χ1v) is 7.68. The number of nitrogens with zero attached hydrogens (tertiary/aromatic N) is 1. The van der Waals surface area contributed by atoms with Gasteiger partial charge in [0.15, 0.2) is 6.10 Å². The molecule has 1 aromatic rings. The SMILES string of the molecule is Cc1ccc(S(=O)(=O)OC(C#N)C2C=CC=CC2=N)cc1. The van der Waals surface area contributed by atoms with Crippen LogP contribution in [-0.4, -0.2) is 20.2 Å². The largest absolute Gasteiger partial charge is 0.305 e. The van der Waals surface area contributed by atoms with Crippen LogP contribution < -0.4 is 0 Å². The molecule has 2 atom stereocenters. The second-order valence-corrected chi connectivity index (χ2v) is 6.21. The maximum absolute atomic E-state index is 12.2. The zero-order valence-electron chi connectivity index (χ0n) is 11.4. The molecule has 2 unspecified atom stereocenters. The summed E-state index contributed by atoms with van der Waals surface area (Å²) in [6, 6.07) is 7.99. The number of nitrogens with one attached hydrogen (secondary N) is 1. The highest BCUT2D eigenvalue weighted by Crippen LogP contribution is 2.21. The highest BCUT2D eigenvalue weighted by Gasteiger charge is 2.30. The fourth-order valence-electron chi connectivity index (χ4n) is 1.88. The number of aryl methyl sites for hydroxylation is 1. The standard InChI is InChI=1S/C15H14N2O3S/c1-11-6-8-12(9-7-11)21(18,19)20-15(10-16)13-4-2-3-5-14(13)17/h2-9,13,15,17H,1H3. The van der Waals surface area contributed by atoms with E-state index in [4.69, 9.17) is 14.9 Å². The van der Waals surface area contributed by atoms with Crippen molar-refractivity contribution >= 4 is 15.8 Å². The third-order valence-electron chi connectivity index (χ3n) is 3.06. The van der Waals surface area contributed by atoms with E-state index in [0.717, 1.165) is 5.56 Å². The molecule has 1 aliphatic rings. The summed E-state index contributed by atoms with van der Waals surface area (Å²) < 4.78 is 29.4. The Balaban J connectivity index is 2.24. The number of allylic oxidation sites excluding steroid dienone is 3. The summed E-state index contributed by atoms with van der Waals surface area (Å²) in [6.45, 7) is 1.84. The highest BCUT2D eigenvalue weighted by molar-refractivity contribution is 7.86. The summed E-state index contributed by atoms with van der Waals surface area (Å²) >= 11 is 0. The van der Waals surface area contributed by atoms with Gasteiger partial charge in [0.1, 0.15) is 0 Å². The van der Waals surface area contributed by atoms with Gasteiger partial charge in [0.25, 0.3) is 10.1 Å². The van der Waals surface area contributed by atoms with Crippen molar-refractivity contribution in [2.24, 2.45) is 5.92 Å². The zero-order valence-corrected chi connectivity index (χ0v) is 12.2. The van der Waals surface area contributed by atoms with Gasteiger partial charge < -0.3 is 5.41 Å². The Hall–Kier alpha value is -2.23. The minimum atomic E-state index is -4.04. The minimum Gasteiger partial charge on any atom is -0.305 e. The summed E-state index contributed by atoms with van der Waals surface area (Å²) in [7, 11) is -4.04. The fourth-order valence-corrected chi connectivity index (χ4v) is 2.90. The molecule has 0 fully saturated rings. The molecule has 108 valence electrons. The minimum absolute atomic E-state index is 0.00443. The van der Waals surface area contributed by atoms with Gasteiger partial charge in [-0.05, 0) is 25.1 Å². The topological polar surface area (TPSA) is 91.0 Å². The van der Waals surface area contributed by atoms with E-state index in [1.54, 1.807) is 30.4 Å². The molecule has 1 aromatic carbocycles. The molecule has 0 saturated carbocycles. The van der Waals surface area contributed by atoms with Gasteiger partial charge in [-0.15, -0.1) is 0 Å². The van der Waals surface area contributed by atoms with Crippen molar-refractivity contribution in [2.75, 3.05) is 0 Å². The van der Waals surface area contributed by atoms with Crippen LogP contribution in [0.2, 0.25) is 0 Å². The van der Waals surface area contributed by atoms with E-state index < -0.39 is 22.1 Å². The van der Waals surface area contributed by atoms with E-state index in [0.29, 0.717) is 0 Å². The maximum atomic E-state index is 12.2. The molecule has 0 heterocycles. The molecular weight excluding hydrogens is 288 g/mol. The van der Waals surface area contributed by atoms with Crippen molar-refractivity contribution < 1.29 is 12.6 Å². The average Bonchev–Trinajstić information content (AvgIpc) is 2.46. The van der Waals surface area contributed by atoms with Crippen molar-refractivity contribution in [3.8, 4) is 6.07 Å². The summed E-state index contributed by atoms with van der Waals surface area (Å²) in [5, 5.41) is 16.9. The van der Waals surface area contributed by atoms with Crippen molar-refractivity contribution in [2.45, 2.75) is 17.9 Å². The van der Waals surface area contributed by atoms with Crippen molar-refractivity contribution in [1.29, 1.82) is 10.7 Å². The van der Waals surface area contributed by atoms with Gasteiger partial charge >= 0.3 is 0 Å². The lowest BCUT2D eigenvalue weighted by molar-refractivity contribution is 0.243. The normalized spacial score (nSPS) is 19.2.